The van der Waals surface area contributed by atoms with Gasteiger partial charge in [0.2, 0.25) is 0 Å². The minimum atomic E-state index is -0.265. The van der Waals surface area contributed by atoms with Gasteiger partial charge in [-0.15, -0.1) is 0 Å². The first-order valence-corrected chi connectivity index (χ1v) is 14.0. The van der Waals surface area contributed by atoms with Gasteiger partial charge in [0, 0.05) is 5.41 Å². The van der Waals surface area contributed by atoms with Gasteiger partial charge in [0.1, 0.15) is 0 Å². The second-order valence-electron chi connectivity index (χ2n) is 9.41. The fraction of sp³-hybridized carbons (Fsp3) is 0.158. The van der Waals surface area contributed by atoms with Crippen molar-refractivity contribution in [2.75, 3.05) is 0 Å². The van der Waals surface area contributed by atoms with Gasteiger partial charge < -0.3 is 0 Å². The molecule has 188 valence electrons. The molecule has 0 bridgehead atoms. The topological polar surface area (TPSA) is 0 Å². The van der Waals surface area contributed by atoms with Gasteiger partial charge in [-0.05, 0) is 73.5 Å². The smallest absolute Gasteiger partial charge is 0.0498 e. The van der Waals surface area contributed by atoms with E-state index in [0.717, 1.165) is 6.42 Å². The first-order chi connectivity index (χ1) is 18.8. The average Bonchev–Trinajstić information content (AvgIpc) is 3.02. The van der Waals surface area contributed by atoms with Crippen LogP contribution in [0.2, 0.25) is 0 Å². The van der Waals surface area contributed by atoms with E-state index in [1.165, 1.54) is 54.9 Å². The number of hydrogen-bond acceptors (Lipinski definition) is 0. The predicted octanol–water partition coefficient (Wildman–Crippen LogP) is 10.6. The van der Waals surface area contributed by atoms with Crippen LogP contribution in [-0.2, 0) is 11.8 Å². The number of fused-ring (bicyclic) bond motifs is 5. The van der Waals surface area contributed by atoms with Crippen molar-refractivity contribution >= 4 is 21.5 Å². The van der Waals surface area contributed by atoms with Crippen LogP contribution in [0.3, 0.4) is 0 Å². The van der Waals surface area contributed by atoms with Crippen LogP contribution in [0, 0.1) is 0 Å². The molecule has 0 saturated heterocycles. The number of rotatable bonds is 2. The van der Waals surface area contributed by atoms with Crippen LogP contribution < -0.4 is 0 Å². The molecule has 0 N–H and O–H groups in total. The molecule has 6 aromatic rings. The largest absolute Gasteiger partial charge is 0.0683 e. The minimum absolute atomic E-state index is 0.265. The average molecular weight is 493 g/mol. The molecule has 0 aliphatic heterocycles. The Hall–Kier alpha value is -4.16. The molecule has 0 nitrogen and oxygen atoms in total. The van der Waals surface area contributed by atoms with E-state index in [1.54, 1.807) is 0 Å². The Morgan fingerprint density at radius 3 is 1.45 bits per heavy atom. The van der Waals surface area contributed by atoms with E-state index in [0.29, 0.717) is 0 Å². The summed E-state index contributed by atoms with van der Waals surface area (Å²) in [5, 5.41) is 5.14. The fourth-order valence-electron chi connectivity index (χ4n) is 6.00. The Bertz CT molecular complexity index is 1610. The Labute approximate surface area is 227 Å². The zero-order chi connectivity index (χ0) is 26.5. The van der Waals surface area contributed by atoms with Crippen molar-refractivity contribution in [2.45, 2.75) is 39.5 Å². The van der Waals surface area contributed by atoms with E-state index in [4.69, 9.17) is 0 Å². The molecule has 7 rings (SSSR count). The van der Waals surface area contributed by atoms with Crippen LogP contribution in [0.25, 0.3) is 32.7 Å². The number of hydrogen-bond donors (Lipinski definition) is 0. The summed E-state index contributed by atoms with van der Waals surface area (Å²) < 4.78 is 0. The molecule has 38 heavy (non-hydrogen) atoms. The van der Waals surface area contributed by atoms with E-state index in [9.17, 15) is 0 Å². The highest BCUT2D eigenvalue weighted by molar-refractivity contribution is 5.87. The predicted molar refractivity (Wildman–Crippen MR) is 166 cm³/mol. The fourth-order valence-corrected chi connectivity index (χ4v) is 6.00. The number of benzene rings is 6. The lowest BCUT2D eigenvalue weighted by Gasteiger charge is -2.41. The SMILES string of the molecule is CC.CC.c1ccc2c(c1)CC(c1ccc3ccccc3c1)(c1ccc3ccccc3c1)c1ccccc1-2. The summed E-state index contributed by atoms with van der Waals surface area (Å²) in [6, 6.07) is 49.4. The van der Waals surface area contributed by atoms with E-state index in [2.05, 4.69) is 133 Å². The third-order valence-electron chi connectivity index (χ3n) is 7.63. The highest BCUT2D eigenvalue weighted by Crippen LogP contribution is 2.51. The molecular formula is C38H36. The molecule has 0 heteroatoms. The maximum Gasteiger partial charge on any atom is 0.0498 e. The van der Waals surface area contributed by atoms with Crippen molar-refractivity contribution in [2.24, 2.45) is 0 Å². The molecule has 0 spiro atoms. The Balaban J connectivity index is 0.000000704. The van der Waals surface area contributed by atoms with Gasteiger partial charge >= 0.3 is 0 Å². The molecule has 1 aliphatic rings. The maximum atomic E-state index is 2.41. The van der Waals surface area contributed by atoms with Gasteiger partial charge in [0.15, 0.2) is 0 Å². The highest BCUT2D eigenvalue weighted by Gasteiger charge is 2.42. The van der Waals surface area contributed by atoms with Crippen LogP contribution >= 0.6 is 0 Å². The molecule has 0 saturated carbocycles. The van der Waals surface area contributed by atoms with Gasteiger partial charge in [-0.3, -0.25) is 0 Å². The van der Waals surface area contributed by atoms with E-state index in [-0.39, 0.29) is 5.41 Å². The van der Waals surface area contributed by atoms with Crippen molar-refractivity contribution in [3.63, 3.8) is 0 Å². The standard InChI is InChI=1S/C34H24.2C2H6/c1-3-11-26-21-29(19-17-24(26)9-1)34(30-20-18-25-10-2-4-12-27(25)22-30)23-28-13-5-6-14-31(28)32-15-7-8-16-33(32)34;2*1-2/h1-22H,23H2;2*1-2H3. The lowest BCUT2D eigenvalue weighted by molar-refractivity contribution is 0.608. The third kappa shape index (κ3) is 4.21. The third-order valence-corrected chi connectivity index (χ3v) is 7.63. The lowest BCUT2D eigenvalue weighted by Crippen LogP contribution is -2.35. The van der Waals surface area contributed by atoms with Crippen LogP contribution in [0.5, 0.6) is 0 Å². The molecule has 6 aromatic carbocycles. The van der Waals surface area contributed by atoms with Crippen LogP contribution in [0.1, 0.15) is 49.9 Å². The van der Waals surface area contributed by atoms with Crippen molar-refractivity contribution in [1.82, 2.24) is 0 Å². The molecule has 0 amide bonds. The van der Waals surface area contributed by atoms with E-state index >= 15 is 0 Å². The first-order valence-electron chi connectivity index (χ1n) is 14.0. The molecule has 0 aromatic heterocycles. The van der Waals surface area contributed by atoms with Crippen molar-refractivity contribution in [3.05, 3.63) is 156 Å². The van der Waals surface area contributed by atoms with Gasteiger partial charge in [-0.2, -0.15) is 0 Å². The van der Waals surface area contributed by atoms with Crippen LogP contribution in [0.4, 0.5) is 0 Å². The molecule has 0 fully saturated rings. The zero-order valence-electron chi connectivity index (χ0n) is 22.9. The lowest BCUT2D eigenvalue weighted by atomic mass is 9.60. The van der Waals surface area contributed by atoms with Gasteiger partial charge in [-0.1, -0.05) is 149 Å². The van der Waals surface area contributed by atoms with Crippen LogP contribution in [0.15, 0.2) is 133 Å². The Morgan fingerprint density at radius 1 is 0.421 bits per heavy atom. The summed E-state index contributed by atoms with van der Waals surface area (Å²) in [5.41, 5.74) is 7.92. The van der Waals surface area contributed by atoms with E-state index in [1.807, 2.05) is 27.7 Å². The molecule has 0 unspecified atom stereocenters. The van der Waals surface area contributed by atoms with Gasteiger partial charge in [0.05, 0.1) is 0 Å². The van der Waals surface area contributed by atoms with E-state index < -0.39 is 0 Å². The maximum absolute atomic E-state index is 2.41. The summed E-state index contributed by atoms with van der Waals surface area (Å²) in [5.74, 6) is 0. The molecule has 0 atom stereocenters. The quantitative estimate of drug-likeness (QED) is 0.225. The summed E-state index contributed by atoms with van der Waals surface area (Å²) in [7, 11) is 0. The highest BCUT2D eigenvalue weighted by atomic mass is 14.4. The summed E-state index contributed by atoms with van der Waals surface area (Å²) in [4.78, 5) is 0. The summed E-state index contributed by atoms with van der Waals surface area (Å²) in [6.07, 6.45) is 0.941. The van der Waals surface area contributed by atoms with Gasteiger partial charge in [0.25, 0.3) is 0 Å². The summed E-state index contributed by atoms with van der Waals surface area (Å²) in [6.45, 7) is 8.00. The van der Waals surface area contributed by atoms with Gasteiger partial charge in [-0.25, -0.2) is 0 Å². The van der Waals surface area contributed by atoms with Crippen molar-refractivity contribution < 1.29 is 0 Å². The van der Waals surface area contributed by atoms with Crippen LogP contribution in [-0.4, -0.2) is 0 Å². The molecular weight excluding hydrogens is 456 g/mol. The Kier molecular flexibility index (Phi) is 7.43. The first kappa shape index (κ1) is 25.5. The second-order valence-corrected chi connectivity index (χ2v) is 9.41. The van der Waals surface area contributed by atoms with Crippen molar-refractivity contribution in [1.29, 1.82) is 0 Å². The Morgan fingerprint density at radius 2 is 0.868 bits per heavy atom. The molecule has 0 heterocycles. The second kappa shape index (κ2) is 11.1. The monoisotopic (exact) mass is 492 g/mol. The zero-order valence-corrected chi connectivity index (χ0v) is 22.9. The summed E-state index contributed by atoms with van der Waals surface area (Å²) >= 11 is 0. The minimum Gasteiger partial charge on any atom is -0.0683 e. The van der Waals surface area contributed by atoms with Crippen molar-refractivity contribution in [3.8, 4) is 11.1 Å². The molecule has 1 aliphatic carbocycles. The normalized spacial score (nSPS) is 12.8. The molecule has 0 radical (unpaired) electrons.